The molecule has 3 rings (SSSR count). The van der Waals surface area contributed by atoms with Gasteiger partial charge in [-0.15, -0.1) is 0 Å². The maximum atomic E-state index is 12.0. The monoisotopic (exact) mass is 354 g/mol. The number of imidazole rings is 1. The van der Waals surface area contributed by atoms with Gasteiger partial charge >= 0.3 is 6.03 Å². The van der Waals surface area contributed by atoms with E-state index in [0.717, 1.165) is 16.8 Å². The zero-order chi connectivity index (χ0) is 18.4. The van der Waals surface area contributed by atoms with Crippen LogP contribution in [0.2, 0.25) is 0 Å². The third-order valence-corrected chi connectivity index (χ3v) is 4.09. The summed E-state index contributed by atoms with van der Waals surface area (Å²) in [6.07, 6.45) is 4.36. The van der Waals surface area contributed by atoms with Crippen molar-refractivity contribution >= 4 is 11.5 Å². The topological polar surface area (TPSA) is 76.9 Å². The number of hydrogen-bond acceptors (Lipinski definition) is 4. The van der Waals surface area contributed by atoms with Crippen LogP contribution in [0.1, 0.15) is 11.3 Å². The van der Waals surface area contributed by atoms with Crippen LogP contribution in [0.25, 0.3) is 5.52 Å². The Morgan fingerprint density at radius 1 is 1.12 bits per heavy atom. The van der Waals surface area contributed by atoms with Gasteiger partial charge in [0, 0.05) is 12.7 Å². The van der Waals surface area contributed by atoms with E-state index in [2.05, 4.69) is 15.6 Å². The van der Waals surface area contributed by atoms with Crippen LogP contribution in [0.3, 0.4) is 0 Å². The highest BCUT2D eigenvalue weighted by Gasteiger charge is 2.07. The van der Waals surface area contributed by atoms with Crippen molar-refractivity contribution in [3.05, 3.63) is 60.2 Å². The highest BCUT2D eigenvalue weighted by atomic mass is 16.5. The Bertz CT molecular complexity index is 891. The van der Waals surface area contributed by atoms with Gasteiger partial charge in [-0.05, 0) is 36.2 Å². The van der Waals surface area contributed by atoms with E-state index < -0.39 is 0 Å². The molecule has 0 radical (unpaired) electrons. The maximum Gasteiger partial charge on any atom is 0.315 e. The van der Waals surface area contributed by atoms with Crippen LogP contribution < -0.4 is 20.1 Å². The Kier molecular flexibility index (Phi) is 5.58. The van der Waals surface area contributed by atoms with Crippen LogP contribution in [-0.2, 0) is 13.0 Å². The van der Waals surface area contributed by atoms with Crippen molar-refractivity contribution in [2.24, 2.45) is 0 Å². The average Bonchev–Trinajstić information content (AvgIpc) is 3.09. The molecular weight excluding hydrogens is 332 g/mol. The number of aromatic nitrogens is 2. The number of pyridine rings is 1. The van der Waals surface area contributed by atoms with Gasteiger partial charge in [-0.25, -0.2) is 9.78 Å². The Labute approximate surface area is 152 Å². The summed E-state index contributed by atoms with van der Waals surface area (Å²) in [7, 11) is 3.21. The minimum Gasteiger partial charge on any atom is -0.493 e. The number of nitrogens with zero attached hydrogens (tertiary/aromatic N) is 2. The van der Waals surface area contributed by atoms with Gasteiger partial charge in [-0.2, -0.15) is 0 Å². The molecule has 0 atom stereocenters. The first-order valence-electron chi connectivity index (χ1n) is 8.34. The summed E-state index contributed by atoms with van der Waals surface area (Å²) < 4.78 is 12.4. The second kappa shape index (κ2) is 8.24. The molecule has 7 nitrogen and oxygen atoms in total. The molecule has 2 aromatic heterocycles. The summed E-state index contributed by atoms with van der Waals surface area (Å²) in [6.45, 7) is 0.897. The molecule has 0 aliphatic heterocycles. The normalized spacial score (nSPS) is 10.5. The number of carbonyl (C=O) groups excluding carboxylic acids is 1. The summed E-state index contributed by atoms with van der Waals surface area (Å²) in [5.74, 6) is 1.37. The second-order valence-corrected chi connectivity index (χ2v) is 5.73. The summed E-state index contributed by atoms with van der Waals surface area (Å²) >= 11 is 0. The molecule has 7 heteroatoms. The van der Waals surface area contributed by atoms with E-state index in [1.54, 1.807) is 20.5 Å². The van der Waals surface area contributed by atoms with E-state index in [4.69, 9.17) is 9.47 Å². The van der Waals surface area contributed by atoms with Crippen LogP contribution in [-0.4, -0.2) is 36.2 Å². The fourth-order valence-corrected chi connectivity index (χ4v) is 2.72. The third kappa shape index (κ3) is 4.05. The van der Waals surface area contributed by atoms with Gasteiger partial charge in [-0.3, -0.25) is 0 Å². The number of benzene rings is 1. The van der Waals surface area contributed by atoms with Crippen LogP contribution in [0.4, 0.5) is 4.79 Å². The van der Waals surface area contributed by atoms with E-state index in [9.17, 15) is 4.79 Å². The summed E-state index contributed by atoms with van der Waals surface area (Å²) in [5, 5.41) is 5.68. The predicted molar refractivity (Wildman–Crippen MR) is 98.7 cm³/mol. The SMILES string of the molecule is COc1ccc(CCNC(=O)NCc2ncn3ccccc23)cc1OC. The van der Waals surface area contributed by atoms with E-state index >= 15 is 0 Å². The molecule has 0 saturated heterocycles. The molecule has 0 bridgehead atoms. The maximum absolute atomic E-state index is 12.0. The van der Waals surface area contributed by atoms with Gasteiger partial charge in [-0.1, -0.05) is 12.1 Å². The second-order valence-electron chi connectivity index (χ2n) is 5.73. The number of hydrogen-bond donors (Lipinski definition) is 2. The number of methoxy groups -OCH3 is 2. The molecular formula is C19H22N4O3. The number of urea groups is 1. The Hall–Kier alpha value is -3.22. The van der Waals surface area contributed by atoms with Crippen molar-refractivity contribution in [3.8, 4) is 11.5 Å². The standard InChI is InChI=1S/C19H22N4O3/c1-25-17-7-6-14(11-18(17)26-2)8-9-20-19(24)21-12-15-16-5-3-4-10-23(16)13-22-15/h3-7,10-11,13H,8-9,12H2,1-2H3,(H2,20,21,24). The van der Waals surface area contributed by atoms with Crippen LogP contribution in [0.5, 0.6) is 11.5 Å². The Morgan fingerprint density at radius 3 is 2.77 bits per heavy atom. The first-order chi connectivity index (χ1) is 12.7. The van der Waals surface area contributed by atoms with Crippen molar-refractivity contribution in [1.82, 2.24) is 20.0 Å². The first kappa shape index (κ1) is 17.6. The van der Waals surface area contributed by atoms with E-state index in [1.807, 2.05) is 47.0 Å². The average molecular weight is 354 g/mol. The van der Waals surface area contributed by atoms with Gasteiger partial charge in [0.1, 0.15) is 0 Å². The molecule has 1 aromatic carbocycles. The molecule has 2 amide bonds. The predicted octanol–water partition coefficient (Wildman–Crippen LogP) is 2.39. The lowest BCUT2D eigenvalue weighted by Gasteiger charge is -2.10. The van der Waals surface area contributed by atoms with Gasteiger partial charge < -0.3 is 24.5 Å². The Balaban J connectivity index is 1.47. The molecule has 136 valence electrons. The fourth-order valence-electron chi connectivity index (χ4n) is 2.72. The Morgan fingerprint density at radius 2 is 1.96 bits per heavy atom. The van der Waals surface area contributed by atoms with Gasteiger partial charge in [0.2, 0.25) is 0 Å². The number of fused-ring (bicyclic) bond motifs is 1. The van der Waals surface area contributed by atoms with Gasteiger partial charge in [0.05, 0.1) is 38.3 Å². The lowest BCUT2D eigenvalue weighted by molar-refractivity contribution is 0.240. The molecule has 26 heavy (non-hydrogen) atoms. The number of amides is 2. The number of nitrogens with one attached hydrogen (secondary N) is 2. The van der Waals surface area contributed by atoms with Crippen LogP contribution >= 0.6 is 0 Å². The van der Waals surface area contributed by atoms with Crippen LogP contribution in [0, 0.1) is 0 Å². The molecule has 0 aliphatic carbocycles. The lowest BCUT2D eigenvalue weighted by atomic mass is 10.1. The van der Waals surface area contributed by atoms with Crippen molar-refractivity contribution in [2.45, 2.75) is 13.0 Å². The molecule has 2 heterocycles. The van der Waals surface area contributed by atoms with Crippen molar-refractivity contribution in [2.75, 3.05) is 20.8 Å². The molecule has 0 fully saturated rings. The quantitative estimate of drug-likeness (QED) is 0.683. The number of rotatable bonds is 7. The molecule has 0 unspecified atom stereocenters. The molecule has 2 N–H and O–H groups in total. The molecule has 0 aliphatic rings. The van der Waals surface area contributed by atoms with E-state index in [-0.39, 0.29) is 6.03 Å². The first-order valence-corrected chi connectivity index (χ1v) is 8.34. The van der Waals surface area contributed by atoms with E-state index in [0.29, 0.717) is 31.0 Å². The zero-order valence-corrected chi connectivity index (χ0v) is 14.9. The van der Waals surface area contributed by atoms with Gasteiger partial charge in [0.15, 0.2) is 11.5 Å². The minimum atomic E-state index is -0.220. The lowest BCUT2D eigenvalue weighted by Crippen LogP contribution is -2.36. The molecule has 3 aromatic rings. The number of ether oxygens (including phenoxy) is 2. The summed E-state index contributed by atoms with van der Waals surface area (Å²) in [6, 6.07) is 11.4. The van der Waals surface area contributed by atoms with E-state index in [1.165, 1.54) is 0 Å². The summed E-state index contributed by atoms with van der Waals surface area (Å²) in [4.78, 5) is 16.3. The fraction of sp³-hybridized carbons (Fsp3) is 0.263. The molecule has 0 saturated carbocycles. The number of carbonyl (C=O) groups is 1. The third-order valence-electron chi connectivity index (χ3n) is 4.09. The summed E-state index contributed by atoms with van der Waals surface area (Å²) in [5.41, 5.74) is 2.88. The van der Waals surface area contributed by atoms with Crippen molar-refractivity contribution in [3.63, 3.8) is 0 Å². The highest BCUT2D eigenvalue weighted by molar-refractivity contribution is 5.74. The van der Waals surface area contributed by atoms with Crippen molar-refractivity contribution in [1.29, 1.82) is 0 Å². The highest BCUT2D eigenvalue weighted by Crippen LogP contribution is 2.27. The van der Waals surface area contributed by atoms with Gasteiger partial charge in [0.25, 0.3) is 0 Å². The van der Waals surface area contributed by atoms with Crippen LogP contribution in [0.15, 0.2) is 48.9 Å². The minimum absolute atomic E-state index is 0.220. The van der Waals surface area contributed by atoms with Crippen molar-refractivity contribution < 1.29 is 14.3 Å². The smallest absolute Gasteiger partial charge is 0.315 e. The zero-order valence-electron chi connectivity index (χ0n) is 14.9. The molecule has 0 spiro atoms. The largest absolute Gasteiger partial charge is 0.493 e.